The summed E-state index contributed by atoms with van der Waals surface area (Å²) in [7, 11) is 1.98. The number of likely N-dealkylation sites (N-methyl/N-ethyl adjacent to an activating group) is 1. The molecule has 0 saturated carbocycles. The predicted molar refractivity (Wildman–Crippen MR) is 93.1 cm³/mol. The molecule has 128 valence electrons. The molecule has 1 heterocycles. The second-order valence-electron chi connectivity index (χ2n) is 6.78. The van der Waals surface area contributed by atoms with Gasteiger partial charge >= 0.3 is 0 Å². The lowest BCUT2D eigenvalue weighted by molar-refractivity contribution is -0.138. The predicted octanol–water partition coefficient (Wildman–Crippen LogP) is 2.83. The van der Waals surface area contributed by atoms with Crippen molar-refractivity contribution in [2.75, 3.05) is 20.2 Å². The number of piperidine rings is 1. The minimum absolute atomic E-state index is 0.0700. The first kappa shape index (κ1) is 18.0. The number of carbonyl (C=O) groups is 1. The fourth-order valence-corrected chi connectivity index (χ4v) is 3.76. The van der Waals surface area contributed by atoms with Crippen molar-refractivity contribution in [3.63, 3.8) is 0 Å². The van der Waals surface area contributed by atoms with Gasteiger partial charge in [-0.25, -0.2) is 0 Å². The third-order valence-corrected chi connectivity index (χ3v) is 4.99. The van der Waals surface area contributed by atoms with Gasteiger partial charge in [-0.3, -0.25) is 9.69 Å². The SMILES string of the molecule is CC1CCCC(C)N1C(=O)CN(C)C(CCO)c1ccccc1. The van der Waals surface area contributed by atoms with E-state index in [1.807, 2.05) is 25.2 Å². The van der Waals surface area contributed by atoms with E-state index < -0.39 is 0 Å². The Balaban J connectivity index is 2.05. The molecule has 3 atom stereocenters. The first-order chi connectivity index (χ1) is 11.0. The van der Waals surface area contributed by atoms with E-state index in [0.717, 1.165) is 18.4 Å². The van der Waals surface area contributed by atoms with E-state index >= 15 is 0 Å². The highest BCUT2D eigenvalue weighted by molar-refractivity contribution is 5.79. The molecule has 1 fully saturated rings. The molecule has 0 aromatic heterocycles. The molecule has 1 amide bonds. The number of nitrogens with zero attached hydrogens (tertiary/aromatic N) is 2. The second kappa shape index (κ2) is 8.46. The molecule has 1 saturated heterocycles. The second-order valence-corrected chi connectivity index (χ2v) is 6.78. The van der Waals surface area contributed by atoms with Gasteiger partial charge in [0.25, 0.3) is 0 Å². The topological polar surface area (TPSA) is 43.8 Å². The molecule has 1 aromatic rings. The van der Waals surface area contributed by atoms with Crippen LogP contribution < -0.4 is 0 Å². The summed E-state index contributed by atoms with van der Waals surface area (Å²) in [4.78, 5) is 16.9. The molecule has 3 unspecified atom stereocenters. The van der Waals surface area contributed by atoms with Crippen LogP contribution in [0.3, 0.4) is 0 Å². The Morgan fingerprint density at radius 3 is 2.43 bits per heavy atom. The Kier molecular flexibility index (Phi) is 6.60. The van der Waals surface area contributed by atoms with Gasteiger partial charge in [-0.2, -0.15) is 0 Å². The maximum absolute atomic E-state index is 12.8. The van der Waals surface area contributed by atoms with Crippen molar-refractivity contribution in [2.45, 2.75) is 57.7 Å². The molecule has 0 spiro atoms. The van der Waals surface area contributed by atoms with Crippen LogP contribution in [0.4, 0.5) is 0 Å². The summed E-state index contributed by atoms with van der Waals surface area (Å²) in [6, 6.07) is 10.8. The summed E-state index contributed by atoms with van der Waals surface area (Å²) in [6.07, 6.45) is 4.04. The van der Waals surface area contributed by atoms with E-state index in [0.29, 0.717) is 25.0 Å². The molecule has 0 bridgehead atoms. The molecule has 0 aliphatic carbocycles. The molecule has 0 radical (unpaired) electrons. The first-order valence-corrected chi connectivity index (χ1v) is 8.71. The van der Waals surface area contributed by atoms with Gasteiger partial charge in [-0.15, -0.1) is 0 Å². The van der Waals surface area contributed by atoms with Gasteiger partial charge in [0.15, 0.2) is 0 Å². The van der Waals surface area contributed by atoms with Crippen LogP contribution in [0.2, 0.25) is 0 Å². The maximum atomic E-state index is 12.8. The smallest absolute Gasteiger partial charge is 0.237 e. The van der Waals surface area contributed by atoms with Gasteiger partial charge in [-0.05, 0) is 52.1 Å². The van der Waals surface area contributed by atoms with Gasteiger partial charge < -0.3 is 10.0 Å². The number of carbonyl (C=O) groups excluding carboxylic acids is 1. The van der Waals surface area contributed by atoms with Crippen LogP contribution in [-0.2, 0) is 4.79 Å². The van der Waals surface area contributed by atoms with Gasteiger partial charge in [-0.1, -0.05) is 30.3 Å². The Hall–Kier alpha value is -1.39. The largest absolute Gasteiger partial charge is 0.396 e. The quantitative estimate of drug-likeness (QED) is 0.877. The number of aliphatic hydroxyl groups is 1. The molecule has 1 aliphatic heterocycles. The number of benzene rings is 1. The van der Waals surface area contributed by atoms with Gasteiger partial charge in [0.1, 0.15) is 0 Å². The molecular weight excluding hydrogens is 288 g/mol. The van der Waals surface area contributed by atoms with E-state index in [2.05, 4.69) is 35.8 Å². The third kappa shape index (κ3) is 4.55. The Bertz CT molecular complexity index is 481. The van der Waals surface area contributed by atoms with Crippen LogP contribution in [0, 0.1) is 0 Å². The van der Waals surface area contributed by atoms with Crippen molar-refractivity contribution >= 4 is 5.91 Å². The minimum atomic E-state index is 0.0700. The van der Waals surface area contributed by atoms with Crippen molar-refractivity contribution in [1.82, 2.24) is 9.80 Å². The maximum Gasteiger partial charge on any atom is 0.237 e. The van der Waals surface area contributed by atoms with E-state index in [1.165, 1.54) is 6.42 Å². The highest BCUT2D eigenvalue weighted by Gasteiger charge is 2.30. The van der Waals surface area contributed by atoms with Gasteiger partial charge in [0, 0.05) is 24.7 Å². The molecule has 1 aromatic carbocycles. The standard InChI is InChI=1S/C19H30N2O2/c1-15-8-7-9-16(2)21(15)19(23)14-20(3)18(12-13-22)17-10-5-4-6-11-17/h4-6,10-11,15-16,18,22H,7-9,12-14H2,1-3H3. The fraction of sp³-hybridized carbons (Fsp3) is 0.632. The van der Waals surface area contributed by atoms with Crippen molar-refractivity contribution in [1.29, 1.82) is 0 Å². The van der Waals surface area contributed by atoms with Crippen LogP contribution in [-0.4, -0.2) is 53.1 Å². The lowest BCUT2D eigenvalue weighted by Gasteiger charge is -2.40. The summed E-state index contributed by atoms with van der Waals surface area (Å²) in [6.45, 7) is 4.81. The van der Waals surface area contributed by atoms with Crippen LogP contribution >= 0.6 is 0 Å². The number of rotatable bonds is 6. The molecule has 2 rings (SSSR count). The highest BCUT2D eigenvalue weighted by atomic mass is 16.3. The summed E-state index contributed by atoms with van der Waals surface area (Å²) < 4.78 is 0. The van der Waals surface area contributed by atoms with Gasteiger partial charge in [0.05, 0.1) is 6.54 Å². The van der Waals surface area contributed by atoms with E-state index in [4.69, 9.17) is 0 Å². The van der Waals surface area contributed by atoms with Crippen molar-refractivity contribution in [3.05, 3.63) is 35.9 Å². The van der Waals surface area contributed by atoms with E-state index in [9.17, 15) is 9.90 Å². The monoisotopic (exact) mass is 318 g/mol. The number of amides is 1. The molecule has 1 N–H and O–H groups in total. The number of hydrogen-bond donors (Lipinski definition) is 1. The molecular formula is C19H30N2O2. The average molecular weight is 318 g/mol. The van der Waals surface area contributed by atoms with Crippen molar-refractivity contribution < 1.29 is 9.90 Å². The number of likely N-dealkylation sites (tertiary alicyclic amines) is 1. The number of aliphatic hydroxyl groups excluding tert-OH is 1. The highest BCUT2D eigenvalue weighted by Crippen LogP contribution is 2.25. The molecule has 1 aliphatic rings. The van der Waals surface area contributed by atoms with Crippen LogP contribution in [0.5, 0.6) is 0 Å². The van der Waals surface area contributed by atoms with Crippen LogP contribution in [0.25, 0.3) is 0 Å². The van der Waals surface area contributed by atoms with Crippen LogP contribution in [0.15, 0.2) is 30.3 Å². The van der Waals surface area contributed by atoms with Crippen molar-refractivity contribution in [2.24, 2.45) is 0 Å². The number of hydrogen-bond acceptors (Lipinski definition) is 3. The van der Waals surface area contributed by atoms with Gasteiger partial charge in [0.2, 0.25) is 5.91 Å². The summed E-state index contributed by atoms with van der Waals surface area (Å²) >= 11 is 0. The first-order valence-electron chi connectivity index (χ1n) is 8.71. The third-order valence-electron chi connectivity index (χ3n) is 4.99. The van der Waals surface area contributed by atoms with Crippen LogP contribution in [0.1, 0.15) is 51.1 Å². The summed E-state index contributed by atoms with van der Waals surface area (Å²) in [5.74, 6) is 0.200. The zero-order chi connectivity index (χ0) is 16.8. The van der Waals surface area contributed by atoms with Crippen molar-refractivity contribution in [3.8, 4) is 0 Å². The molecule has 4 heteroatoms. The van der Waals surface area contributed by atoms with E-state index in [1.54, 1.807) is 0 Å². The lowest BCUT2D eigenvalue weighted by Crippen LogP contribution is -2.51. The molecule has 4 nitrogen and oxygen atoms in total. The van der Waals surface area contributed by atoms with E-state index in [-0.39, 0.29) is 18.6 Å². The molecule has 23 heavy (non-hydrogen) atoms. The average Bonchev–Trinajstić information content (AvgIpc) is 2.53. The summed E-state index contributed by atoms with van der Waals surface area (Å²) in [5, 5.41) is 9.39. The lowest BCUT2D eigenvalue weighted by atomic mass is 9.97. The normalized spacial score (nSPS) is 23.1. The Morgan fingerprint density at radius 1 is 1.26 bits per heavy atom. The fourth-order valence-electron chi connectivity index (χ4n) is 3.76. The summed E-state index contributed by atoms with van der Waals surface area (Å²) in [5.41, 5.74) is 1.15. The minimum Gasteiger partial charge on any atom is -0.396 e. The zero-order valence-electron chi connectivity index (χ0n) is 14.6. The Labute approximate surface area is 140 Å². The Morgan fingerprint density at radius 2 is 1.87 bits per heavy atom. The zero-order valence-corrected chi connectivity index (χ0v) is 14.6.